The molecule has 5 nitrogen and oxygen atoms in total. The minimum absolute atomic E-state index is 0.199. The van der Waals surface area contributed by atoms with Crippen molar-refractivity contribution in [1.29, 1.82) is 0 Å². The molecule has 0 unspecified atom stereocenters. The third kappa shape index (κ3) is 5.98. The Morgan fingerprint density at radius 3 is 2.00 bits per heavy atom. The standard InChI is InChI=1S/C16H27NO4/c1-6-20-16(4,5)10-12-21-15(2,3)9-11-17-13(18)7-8-14(17)19/h7-8H,6,9-12H2,1-5H3. The molecule has 120 valence electrons. The maximum atomic E-state index is 11.5. The Bertz CT molecular complexity index is 395. The Balaban J connectivity index is 2.34. The minimum Gasteiger partial charge on any atom is -0.376 e. The van der Waals surface area contributed by atoms with Gasteiger partial charge in [-0.1, -0.05) is 0 Å². The molecule has 1 heterocycles. The smallest absolute Gasteiger partial charge is 0.253 e. The molecule has 0 aliphatic carbocycles. The van der Waals surface area contributed by atoms with Crippen molar-refractivity contribution in [3.8, 4) is 0 Å². The van der Waals surface area contributed by atoms with E-state index >= 15 is 0 Å². The molecule has 0 radical (unpaired) electrons. The van der Waals surface area contributed by atoms with Gasteiger partial charge in [-0.25, -0.2) is 0 Å². The maximum Gasteiger partial charge on any atom is 0.253 e. The Labute approximate surface area is 127 Å². The van der Waals surface area contributed by atoms with E-state index in [0.717, 1.165) is 6.42 Å². The predicted octanol–water partition coefficient (Wildman–Crippen LogP) is 2.30. The largest absolute Gasteiger partial charge is 0.376 e. The summed E-state index contributed by atoms with van der Waals surface area (Å²) in [6.45, 7) is 11.7. The van der Waals surface area contributed by atoms with Crippen LogP contribution in [-0.2, 0) is 19.1 Å². The summed E-state index contributed by atoms with van der Waals surface area (Å²) in [5.74, 6) is -0.485. The highest BCUT2D eigenvalue weighted by atomic mass is 16.5. The lowest BCUT2D eigenvalue weighted by Gasteiger charge is -2.30. The summed E-state index contributed by atoms with van der Waals surface area (Å²) >= 11 is 0. The highest BCUT2D eigenvalue weighted by molar-refractivity contribution is 6.12. The van der Waals surface area contributed by atoms with Gasteiger partial charge in [-0.3, -0.25) is 14.5 Å². The Kier molecular flexibility index (Phi) is 6.10. The van der Waals surface area contributed by atoms with E-state index in [9.17, 15) is 9.59 Å². The number of amides is 2. The molecule has 1 rings (SSSR count). The third-order valence-electron chi connectivity index (χ3n) is 3.57. The van der Waals surface area contributed by atoms with E-state index in [4.69, 9.17) is 9.47 Å². The molecule has 0 N–H and O–H groups in total. The number of ether oxygens (including phenoxy) is 2. The molecule has 0 spiro atoms. The Morgan fingerprint density at radius 1 is 0.952 bits per heavy atom. The monoisotopic (exact) mass is 297 g/mol. The first kappa shape index (κ1) is 17.9. The molecule has 21 heavy (non-hydrogen) atoms. The van der Waals surface area contributed by atoms with Crippen molar-refractivity contribution in [2.45, 2.75) is 58.7 Å². The summed E-state index contributed by atoms with van der Waals surface area (Å²) < 4.78 is 11.5. The molecule has 0 aromatic heterocycles. The van der Waals surface area contributed by atoms with Crippen LogP contribution in [0.5, 0.6) is 0 Å². The van der Waals surface area contributed by atoms with Crippen LogP contribution in [0.2, 0.25) is 0 Å². The van der Waals surface area contributed by atoms with Gasteiger partial charge >= 0.3 is 0 Å². The lowest BCUT2D eigenvalue weighted by molar-refractivity contribution is -0.137. The minimum atomic E-state index is -0.383. The van der Waals surface area contributed by atoms with E-state index in [2.05, 4.69) is 0 Å². The van der Waals surface area contributed by atoms with Crippen LogP contribution in [0, 0.1) is 0 Å². The van der Waals surface area contributed by atoms with Crippen LogP contribution in [-0.4, -0.2) is 47.7 Å². The van der Waals surface area contributed by atoms with Crippen LogP contribution in [0.4, 0.5) is 0 Å². The van der Waals surface area contributed by atoms with E-state index in [-0.39, 0.29) is 23.0 Å². The van der Waals surface area contributed by atoms with Gasteiger partial charge in [0.2, 0.25) is 0 Å². The van der Waals surface area contributed by atoms with Crippen molar-refractivity contribution in [3.05, 3.63) is 12.2 Å². The van der Waals surface area contributed by atoms with Gasteiger partial charge in [0.1, 0.15) is 0 Å². The molecule has 0 atom stereocenters. The quantitative estimate of drug-likeness (QED) is 0.613. The second-order valence-electron chi connectivity index (χ2n) is 6.46. The predicted molar refractivity (Wildman–Crippen MR) is 80.8 cm³/mol. The fourth-order valence-corrected chi connectivity index (χ4v) is 2.14. The number of imide groups is 1. The van der Waals surface area contributed by atoms with E-state index in [1.807, 2.05) is 34.6 Å². The third-order valence-corrected chi connectivity index (χ3v) is 3.57. The molecule has 5 heteroatoms. The summed E-state index contributed by atoms with van der Waals surface area (Å²) in [5.41, 5.74) is -0.582. The zero-order valence-corrected chi connectivity index (χ0v) is 13.8. The van der Waals surface area contributed by atoms with Crippen molar-refractivity contribution in [2.75, 3.05) is 19.8 Å². The van der Waals surface area contributed by atoms with Crippen LogP contribution in [0.1, 0.15) is 47.5 Å². The summed E-state index contributed by atoms with van der Waals surface area (Å²) in [5, 5.41) is 0. The van der Waals surface area contributed by atoms with Crippen molar-refractivity contribution >= 4 is 11.8 Å². The number of hydrogen-bond donors (Lipinski definition) is 0. The highest BCUT2D eigenvalue weighted by Crippen LogP contribution is 2.20. The highest BCUT2D eigenvalue weighted by Gasteiger charge is 2.27. The summed E-state index contributed by atoms with van der Waals surface area (Å²) in [4.78, 5) is 24.2. The van der Waals surface area contributed by atoms with Gasteiger partial charge < -0.3 is 9.47 Å². The first-order chi connectivity index (χ1) is 9.67. The zero-order chi connectivity index (χ0) is 16.1. The van der Waals surface area contributed by atoms with E-state index in [1.54, 1.807) is 0 Å². The van der Waals surface area contributed by atoms with Crippen LogP contribution >= 0.6 is 0 Å². The number of rotatable bonds is 9. The lowest BCUT2D eigenvalue weighted by Crippen LogP contribution is -2.37. The van der Waals surface area contributed by atoms with Crippen molar-refractivity contribution in [1.82, 2.24) is 4.90 Å². The SMILES string of the molecule is CCOC(C)(C)CCOC(C)(C)CCN1C(=O)C=CC1=O. The molecule has 0 bridgehead atoms. The van der Waals surface area contributed by atoms with E-state index in [1.165, 1.54) is 17.1 Å². The van der Waals surface area contributed by atoms with Gasteiger partial charge in [0, 0.05) is 25.3 Å². The number of hydrogen-bond acceptors (Lipinski definition) is 4. The average molecular weight is 297 g/mol. The van der Waals surface area contributed by atoms with Crippen LogP contribution in [0.25, 0.3) is 0 Å². The van der Waals surface area contributed by atoms with Gasteiger partial charge in [-0.15, -0.1) is 0 Å². The summed E-state index contributed by atoms with van der Waals surface area (Å²) in [7, 11) is 0. The lowest BCUT2D eigenvalue weighted by atomic mass is 10.0. The molecule has 0 fully saturated rings. The number of carbonyl (C=O) groups excluding carboxylic acids is 2. The average Bonchev–Trinajstić information content (AvgIpc) is 2.66. The molecule has 0 aromatic carbocycles. The van der Waals surface area contributed by atoms with Gasteiger partial charge in [0.25, 0.3) is 11.8 Å². The molecular formula is C16H27NO4. The molecule has 2 amide bonds. The molecule has 1 aliphatic heterocycles. The maximum absolute atomic E-state index is 11.5. The van der Waals surface area contributed by atoms with Gasteiger partial charge in [-0.05, 0) is 47.5 Å². The summed E-state index contributed by atoms with van der Waals surface area (Å²) in [6, 6.07) is 0. The van der Waals surface area contributed by atoms with Crippen molar-refractivity contribution < 1.29 is 19.1 Å². The fourth-order valence-electron chi connectivity index (χ4n) is 2.14. The zero-order valence-electron chi connectivity index (χ0n) is 13.8. The van der Waals surface area contributed by atoms with Crippen molar-refractivity contribution in [2.24, 2.45) is 0 Å². The molecule has 0 aromatic rings. The van der Waals surface area contributed by atoms with Crippen LogP contribution < -0.4 is 0 Å². The van der Waals surface area contributed by atoms with Crippen LogP contribution in [0.3, 0.4) is 0 Å². The van der Waals surface area contributed by atoms with E-state index in [0.29, 0.717) is 26.2 Å². The molecule has 0 saturated carbocycles. The summed E-state index contributed by atoms with van der Waals surface area (Å²) in [6.07, 6.45) is 4.02. The first-order valence-electron chi connectivity index (χ1n) is 7.48. The van der Waals surface area contributed by atoms with Crippen molar-refractivity contribution in [3.63, 3.8) is 0 Å². The number of carbonyl (C=O) groups is 2. The fraction of sp³-hybridized carbons (Fsp3) is 0.750. The molecular weight excluding hydrogens is 270 g/mol. The van der Waals surface area contributed by atoms with E-state index < -0.39 is 0 Å². The molecule has 0 saturated heterocycles. The second-order valence-corrected chi connectivity index (χ2v) is 6.46. The number of nitrogens with zero attached hydrogens (tertiary/aromatic N) is 1. The molecule has 1 aliphatic rings. The topological polar surface area (TPSA) is 55.8 Å². The Morgan fingerprint density at radius 2 is 1.48 bits per heavy atom. The van der Waals surface area contributed by atoms with Gasteiger partial charge in [-0.2, -0.15) is 0 Å². The van der Waals surface area contributed by atoms with Gasteiger partial charge in [0.05, 0.1) is 17.8 Å². The first-order valence-corrected chi connectivity index (χ1v) is 7.48. The second kappa shape index (κ2) is 7.18. The normalized spacial score (nSPS) is 16.1. The van der Waals surface area contributed by atoms with Crippen LogP contribution in [0.15, 0.2) is 12.2 Å². The Hall–Kier alpha value is -1.20. The van der Waals surface area contributed by atoms with Gasteiger partial charge in [0.15, 0.2) is 0 Å².